The van der Waals surface area contributed by atoms with Crippen molar-refractivity contribution in [3.05, 3.63) is 102 Å². The summed E-state index contributed by atoms with van der Waals surface area (Å²) in [6.07, 6.45) is 1.62. The van der Waals surface area contributed by atoms with Crippen molar-refractivity contribution in [2.45, 2.75) is 26.9 Å². The normalized spacial score (nSPS) is 10.7. The van der Waals surface area contributed by atoms with Crippen molar-refractivity contribution in [1.29, 1.82) is 0 Å². The first kappa shape index (κ1) is 19.5. The lowest BCUT2D eigenvalue weighted by molar-refractivity contribution is 0.201. The number of hydrogen-bond acceptors (Lipinski definition) is 3. The zero-order valence-electron chi connectivity index (χ0n) is 17.1. The van der Waals surface area contributed by atoms with Crippen LogP contribution in [0.15, 0.2) is 83.5 Å². The van der Waals surface area contributed by atoms with E-state index in [1.807, 2.05) is 91.3 Å². The van der Waals surface area contributed by atoms with E-state index in [0.717, 1.165) is 28.4 Å². The van der Waals surface area contributed by atoms with Crippen LogP contribution >= 0.6 is 0 Å². The molecule has 0 bridgehead atoms. The Morgan fingerprint density at radius 2 is 1.83 bits per heavy atom. The van der Waals surface area contributed by atoms with Gasteiger partial charge in [-0.25, -0.2) is 9.48 Å². The Balaban J connectivity index is 1.54. The molecule has 2 aromatic carbocycles. The molecule has 0 aliphatic carbocycles. The second-order valence-corrected chi connectivity index (χ2v) is 7.24. The summed E-state index contributed by atoms with van der Waals surface area (Å²) in [5.41, 5.74) is 4.66. The van der Waals surface area contributed by atoms with Gasteiger partial charge in [0.15, 0.2) is 0 Å². The predicted molar refractivity (Wildman–Crippen MR) is 116 cm³/mol. The molecule has 0 unspecified atom stereocenters. The quantitative estimate of drug-likeness (QED) is 0.477. The molecule has 0 aliphatic rings. The minimum Gasteiger partial charge on any atom is -0.467 e. The molecule has 6 nitrogen and oxygen atoms in total. The van der Waals surface area contributed by atoms with Gasteiger partial charge in [0, 0.05) is 17.9 Å². The number of aryl methyl sites for hydroxylation is 2. The van der Waals surface area contributed by atoms with Gasteiger partial charge in [-0.15, -0.1) is 0 Å². The maximum Gasteiger partial charge on any atom is 0.322 e. The summed E-state index contributed by atoms with van der Waals surface area (Å²) < 4.78 is 7.33. The Morgan fingerprint density at radius 3 is 2.53 bits per heavy atom. The molecular formula is C24H24N4O2. The van der Waals surface area contributed by atoms with Crippen molar-refractivity contribution in [3.63, 3.8) is 0 Å². The van der Waals surface area contributed by atoms with Crippen molar-refractivity contribution in [1.82, 2.24) is 14.7 Å². The summed E-state index contributed by atoms with van der Waals surface area (Å²) in [5, 5.41) is 7.54. The molecule has 6 heteroatoms. The van der Waals surface area contributed by atoms with Crippen molar-refractivity contribution in [2.75, 3.05) is 5.32 Å². The van der Waals surface area contributed by atoms with Gasteiger partial charge in [-0.1, -0.05) is 36.4 Å². The summed E-state index contributed by atoms with van der Waals surface area (Å²) in [5.74, 6) is 0.734. The second kappa shape index (κ2) is 8.69. The van der Waals surface area contributed by atoms with Gasteiger partial charge in [-0.05, 0) is 55.8 Å². The van der Waals surface area contributed by atoms with Crippen LogP contribution in [-0.4, -0.2) is 20.7 Å². The van der Waals surface area contributed by atoms with E-state index in [2.05, 4.69) is 10.4 Å². The summed E-state index contributed by atoms with van der Waals surface area (Å²) >= 11 is 0. The Bertz CT molecular complexity index is 1120. The minimum atomic E-state index is -0.194. The number of aromatic nitrogens is 2. The third kappa shape index (κ3) is 4.60. The molecule has 0 spiro atoms. The van der Waals surface area contributed by atoms with Gasteiger partial charge >= 0.3 is 6.03 Å². The monoisotopic (exact) mass is 400 g/mol. The van der Waals surface area contributed by atoms with Gasteiger partial charge < -0.3 is 14.6 Å². The van der Waals surface area contributed by atoms with Gasteiger partial charge in [-0.3, -0.25) is 0 Å². The average molecular weight is 400 g/mol. The smallest absolute Gasteiger partial charge is 0.322 e. The number of hydrogen-bond donors (Lipinski definition) is 1. The summed E-state index contributed by atoms with van der Waals surface area (Å²) in [7, 11) is 0. The maximum absolute atomic E-state index is 13.1. The van der Waals surface area contributed by atoms with E-state index in [0.29, 0.717) is 18.8 Å². The third-order valence-corrected chi connectivity index (χ3v) is 4.78. The molecule has 4 rings (SSSR count). The van der Waals surface area contributed by atoms with Gasteiger partial charge in [0.05, 0.1) is 24.2 Å². The number of rotatable bonds is 6. The first-order chi connectivity index (χ1) is 14.6. The summed E-state index contributed by atoms with van der Waals surface area (Å²) in [6, 6.07) is 23.1. The lowest BCUT2D eigenvalue weighted by atomic mass is 10.2. The number of anilines is 1. The molecule has 4 aromatic rings. The molecule has 2 amide bonds. The first-order valence-electron chi connectivity index (χ1n) is 9.84. The van der Waals surface area contributed by atoms with Crippen molar-refractivity contribution < 1.29 is 9.21 Å². The fraction of sp³-hybridized carbons (Fsp3) is 0.167. The molecule has 2 aromatic heterocycles. The number of furan rings is 1. The van der Waals surface area contributed by atoms with E-state index in [1.165, 1.54) is 0 Å². The molecule has 0 saturated heterocycles. The topological polar surface area (TPSA) is 63.3 Å². The van der Waals surface area contributed by atoms with E-state index in [4.69, 9.17) is 4.42 Å². The highest BCUT2D eigenvalue weighted by Gasteiger charge is 2.17. The highest BCUT2D eigenvalue weighted by Crippen LogP contribution is 2.18. The van der Waals surface area contributed by atoms with Gasteiger partial charge in [-0.2, -0.15) is 5.10 Å². The van der Waals surface area contributed by atoms with Gasteiger partial charge in [0.25, 0.3) is 0 Å². The molecule has 0 atom stereocenters. The highest BCUT2D eigenvalue weighted by molar-refractivity contribution is 5.89. The summed E-state index contributed by atoms with van der Waals surface area (Å²) in [6.45, 7) is 4.83. The molecule has 152 valence electrons. The van der Waals surface area contributed by atoms with E-state index >= 15 is 0 Å². The van der Waals surface area contributed by atoms with Crippen LogP contribution < -0.4 is 5.32 Å². The standard InChI is InChI=1S/C24H24N4O2/c1-18-14-19(2)28(26-18)22-11-6-10-21(15-22)25-24(29)27(17-23-12-7-13-30-23)16-20-8-4-3-5-9-20/h3-15H,16-17H2,1-2H3,(H,25,29). The Kier molecular flexibility index (Phi) is 5.66. The molecule has 1 N–H and O–H groups in total. The first-order valence-corrected chi connectivity index (χ1v) is 9.84. The Labute approximate surface area is 175 Å². The summed E-state index contributed by atoms with van der Waals surface area (Å²) in [4.78, 5) is 14.8. The number of amides is 2. The molecule has 30 heavy (non-hydrogen) atoms. The van der Waals surface area contributed by atoms with E-state index in [-0.39, 0.29) is 6.03 Å². The van der Waals surface area contributed by atoms with Crippen LogP contribution in [0.3, 0.4) is 0 Å². The van der Waals surface area contributed by atoms with Crippen LogP contribution in [0.5, 0.6) is 0 Å². The minimum absolute atomic E-state index is 0.194. The fourth-order valence-electron chi connectivity index (χ4n) is 3.40. The second-order valence-electron chi connectivity index (χ2n) is 7.24. The molecule has 2 heterocycles. The zero-order valence-corrected chi connectivity index (χ0v) is 17.1. The van der Waals surface area contributed by atoms with Gasteiger partial charge in [0.2, 0.25) is 0 Å². The van der Waals surface area contributed by atoms with Crippen LogP contribution in [0.25, 0.3) is 5.69 Å². The van der Waals surface area contributed by atoms with Crippen LogP contribution in [0.1, 0.15) is 22.7 Å². The predicted octanol–water partition coefficient (Wildman–Crippen LogP) is 5.32. The zero-order chi connectivity index (χ0) is 20.9. The Morgan fingerprint density at radius 1 is 1.00 bits per heavy atom. The van der Waals surface area contributed by atoms with E-state index in [1.54, 1.807) is 11.2 Å². The van der Waals surface area contributed by atoms with Crippen LogP contribution in [0, 0.1) is 13.8 Å². The SMILES string of the molecule is Cc1cc(C)n(-c2cccc(NC(=O)N(Cc3ccccc3)Cc3ccco3)c2)n1. The van der Waals surface area contributed by atoms with Crippen molar-refractivity contribution >= 4 is 11.7 Å². The molecule has 0 aliphatic heterocycles. The third-order valence-electron chi connectivity index (χ3n) is 4.78. The number of benzene rings is 2. The van der Waals surface area contributed by atoms with Gasteiger partial charge in [0.1, 0.15) is 5.76 Å². The Hall–Kier alpha value is -3.80. The number of urea groups is 1. The van der Waals surface area contributed by atoms with Crippen LogP contribution in [0.4, 0.5) is 10.5 Å². The molecule has 0 saturated carbocycles. The maximum atomic E-state index is 13.1. The number of nitrogens with one attached hydrogen (secondary N) is 1. The lowest BCUT2D eigenvalue weighted by Crippen LogP contribution is -2.34. The fourth-order valence-corrected chi connectivity index (χ4v) is 3.40. The molecular weight excluding hydrogens is 376 g/mol. The average Bonchev–Trinajstić information content (AvgIpc) is 3.37. The number of carbonyl (C=O) groups is 1. The number of nitrogens with zero attached hydrogens (tertiary/aromatic N) is 3. The van der Waals surface area contributed by atoms with E-state index in [9.17, 15) is 4.79 Å². The highest BCUT2D eigenvalue weighted by atomic mass is 16.3. The van der Waals surface area contributed by atoms with E-state index < -0.39 is 0 Å². The van der Waals surface area contributed by atoms with Crippen LogP contribution in [-0.2, 0) is 13.1 Å². The van der Waals surface area contributed by atoms with Crippen molar-refractivity contribution in [3.8, 4) is 5.69 Å². The largest absolute Gasteiger partial charge is 0.467 e. The lowest BCUT2D eigenvalue weighted by Gasteiger charge is -2.22. The number of carbonyl (C=O) groups excluding carboxylic acids is 1. The van der Waals surface area contributed by atoms with Crippen molar-refractivity contribution in [2.24, 2.45) is 0 Å². The van der Waals surface area contributed by atoms with Crippen LogP contribution in [0.2, 0.25) is 0 Å². The molecule has 0 radical (unpaired) electrons. The molecule has 0 fully saturated rings.